The number of benzene rings is 2. The Balaban J connectivity index is 1.66. The largest absolute Gasteiger partial charge is 0.465 e. The van der Waals surface area contributed by atoms with Gasteiger partial charge in [0.05, 0.1) is 12.7 Å². The van der Waals surface area contributed by atoms with Crippen LogP contribution >= 0.6 is 11.3 Å². The molecule has 0 fully saturated rings. The number of ether oxygens (including phenoxy) is 3. The number of esters is 2. The summed E-state index contributed by atoms with van der Waals surface area (Å²) in [4.78, 5) is 37.8. The number of thiophene rings is 1. The zero-order chi connectivity index (χ0) is 22.4. The van der Waals surface area contributed by atoms with E-state index in [1.807, 2.05) is 25.1 Å². The summed E-state index contributed by atoms with van der Waals surface area (Å²) in [5.41, 5.74) is 1.22. The highest BCUT2D eigenvalue weighted by Crippen LogP contribution is 2.33. The second-order valence-electron chi connectivity index (χ2n) is 6.51. The normalized spacial score (nSPS) is 10.3. The highest BCUT2D eigenvalue weighted by Gasteiger charge is 2.22. The molecule has 1 amide bonds. The molecule has 0 bridgehead atoms. The van der Waals surface area contributed by atoms with Crippen molar-refractivity contribution in [2.75, 3.05) is 19.0 Å². The van der Waals surface area contributed by atoms with Crippen molar-refractivity contribution >= 4 is 34.2 Å². The molecule has 0 aliphatic heterocycles. The van der Waals surface area contributed by atoms with E-state index >= 15 is 0 Å². The van der Waals surface area contributed by atoms with Crippen molar-refractivity contribution in [3.63, 3.8) is 0 Å². The zero-order valence-corrected chi connectivity index (χ0v) is 18.1. The molecule has 160 valence electrons. The quantitative estimate of drug-likeness (QED) is 0.535. The molecular formula is C23H21NO6S. The van der Waals surface area contributed by atoms with Gasteiger partial charge >= 0.3 is 11.9 Å². The van der Waals surface area contributed by atoms with Gasteiger partial charge in [-0.1, -0.05) is 30.3 Å². The van der Waals surface area contributed by atoms with E-state index in [1.54, 1.807) is 43.3 Å². The first-order chi connectivity index (χ1) is 14.9. The van der Waals surface area contributed by atoms with Crippen LogP contribution in [-0.4, -0.2) is 31.6 Å². The van der Waals surface area contributed by atoms with Crippen LogP contribution in [0.5, 0.6) is 11.5 Å². The maximum atomic E-state index is 12.5. The molecule has 1 heterocycles. The molecule has 0 spiro atoms. The number of para-hydroxylation sites is 2. The van der Waals surface area contributed by atoms with Crippen LogP contribution < -0.4 is 10.1 Å². The lowest BCUT2D eigenvalue weighted by molar-refractivity contribution is -0.119. The zero-order valence-electron chi connectivity index (χ0n) is 17.3. The monoisotopic (exact) mass is 439 g/mol. The Hall–Kier alpha value is -3.65. The number of anilines is 1. The van der Waals surface area contributed by atoms with Crippen LogP contribution in [0.1, 0.15) is 31.2 Å². The Labute approximate surface area is 183 Å². The Morgan fingerprint density at radius 1 is 0.935 bits per heavy atom. The summed E-state index contributed by atoms with van der Waals surface area (Å²) < 4.78 is 15.7. The molecule has 1 aromatic heterocycles. The van der Waals surface area contributed by atoms with Crippen molar-refractivity contribution in [3.8, 4) is 11.5 Å². The van der Waals surface area contributed by atoms with Crippen molar-refractivity contribution in [1.82, 2.24) is 0 Å². The number of hydrogen-bond donors (Lipinski definition) is 1. The molecule has 8 heteroatoms. The fourth-order valence-corrected chi connectivity index (χ4v) is 3.84. The second kappa shape index (κ2) is 9.90. The number of aryl methyl sites for hydroxylation is 1. The van der Waals surface area contributed by atoms with Gasteiger partial charge in [-0.05, 0) is 43.7 Å². The number of methoxy groups -OCH3 is 1. The molecule has 2 aromatic carbocycles. The van der Waals surface area contributed by atoms with Crippen LogP contribution in [0.2, 0.25) is 0 Å². The maximum absolute atomic E-state index is 12.5. The number of carbonyl (C=O) groups excluding carboxylic acids is 3. The molecule has 0 saturated heterocycles. The van der Waals surface area contributed by atoms with E-state index in [0.29, 0.717) is 22.1 Å². The Bertz CT molecular complexity index is 1110. The number of hydrogen-bond acceptors (Lipinski definition) is 7. The fraction of sp³-hybridized carbons (Fsp3) is 0.174. The topological polar surface area (TPSA) is 90.9 Å². The molecule has 0 radical (unpaired) electrons. The van der Waals surface area contributed by atoms with Gasteiger partial charge in [-0.2, -0.15) is 0 Å². The highest BCUT2D eigenvalue weighted by atomic mass is 32.1. The summed E-state index contributed by atoms with van der Waals surface area (Å²) in [6.07, 6.45) is 0. The predicted octanol–water partition coefficient (Wildman–Crippen LogP) is 4.74. The van der Waals surface area contributed by atoms with Crippen molar-refractivity contribution in [1.29, 1.82) is 0 Å². The fourth-order valence-electron chi connectivity index (χ4n) is 2.77. The van der Waals surface area contributed by atoms with Gasteiger partial charge < -0.3 is 19.5 Å². The van der Waals surface area contributed by atoms with Gasteiger partial charge in [0.1, 0.15) is 22.1 Å². The van der Waals surface area contributed by atoms with E-state index in [4.69, 9.17) is 14.2 Å². The summed E-state index contributed by atoms with van der Waals surface area (Å²) >= 11 is 1.25. The summed E-state index contributed by atoms with van der Waals surface area (Å²) in [5, 5.41) is 2.98. The summed E-state index contributed by atoms with van der Waals surface area (Å²) in [6.45, 7) is 3.10. The lowest BCUT2D eigenvalue weighted by Gasteiger charge is -2.11. The summed E-state index contributed by atoms with van der Waals surface area (Å²) in [7, 11) is 1.27. The van der Waals surface area contributed by atoms with Crippen LogP contribution in [0.4, 0.5) is 5.00 Å². The molecular weight excluding hydrogens is 418 g/mol. The average Bonchev–Trinajstić information content (AvgIpc) is 3.05. The van der Waals surface area contributed by atoms with Crippen LogP contribution in [0.15, 0.2) is 54.6 Å². The number of amides is 1. The van der Waals surface area contributed by atoms with Crippen LogP contribution in [0.25, 0.3) is 0 Å². The van der Waals surface area contributed by atoms with E-state index in [1.165, 1.54) is 18.4 Å². The molecule has 1 N–H and O–H groups in total. The third-order valence-electron chi connectivity index (χ3n) is 4.44. The molecule has 31 heavy (non-hydrogen) atoms. The van der Waals surface area contributed by atoms with Gasteiger partial charge in [0.15, 0.2) is 6.61 Å². The van der Waals surface area contributed by atoms with Gasteiger partial charge in [-0.3, -0.25) is 4.79 Å². The number of rotatable bonds is 7. The van der Waals surface area contributed by atoms with E-state index in [9.17, 15) is 14.4 Å². The minimum atomic E-state index is -0.701. The summed E-state index contributed by atoms with van der Waals surface area (Å²) in [6, 6.07) is 15.6. The lowest BCUT2D eigenvalue weighted by atomic mass is 10.1. The number of nitrogens with one attached hydrogen (secondary N) is 1. The first-order valence-electron chi connectivity index (χ1n) is 9.38. The molecule has 0 aliphatic carbocycles. The minimum absolute atomic E-state index is 0.192. The predicted molar refractivity (Wildman–Crippen MR) is 117 cm³/mol. The molecule has 0 atom stereocenters. The second-order valence-corrected chi connectivity index (χ2v) is 7.74. The highest BCUT2D eigenvalue weighted by molar-refractivity contribution is 7.16. The smallest absolute Gasteiger partial charge is 0.342 e. The summed E-state index contributed by atoms with van der Waals surface area (Å²) in [5.74, 6) is -0.924. The molecule has 0 unspecified atom stereocenters. The number of carbonyl (C=O) groups is 3. The van der Waals surface area contributed by atoms with Crippen LogP contribution in [-0.2, 0) is 14.3 Å². The van der Waals surface area contributed by atoms with Gasteiger partial charge in [0.2, 0.25) is 0 Å². The van der Waals surface area contributed by atoms with Crippen molar-refractivity contribution in [2.45, 2.75) is 13.8 Å². The Morgan fingerprint density at radius 2 is 1.61 bits per heavy atom. The van der Waals surface area contributed by atoms with E-state index in [2.05, 4.69) is 5.32 Å². The van der Waals surface area contributed by atoms with Crippen molar-refractivity contribution in [2.24, 2.45) is 0 Å². The van der Waals surface area contributed by atoms with E-state index in [-0.39, 0.29) is 5.56 Å². The third-order valence-corrected chi connectivity index (χ3v) is 5.56. The third kappa shape index (κ3) is 5.29. The van der Waals surface area contributed by atoms with Gasteiger partial charge in [0, 0.05) is 4.88 Å². The lowest BCUT2D eigenvalue weighted by Crippen LogP contribution is -2.21. The Kier molecular flexibility index (Phi) is 7.04. The van der Waals surface area contributed by atoms with E-state index < -0.39 is 24.5 Å². The first kappa shape index (κ1) is 22.0. The SMILES string of the molecule is COC(=O)c1c(NC(=O)COC(=O)c2ccccc2Oc2ccccc2)sc(C)c1C. The molecule has 3 rings (SSSR count). The molecule has 0 aliphatic rings. The Morgan fingerprint density at radius 3 is 2.32 bits per heavy atom. The van der Waals surface area contributed by atoms with Gasteiger partial charge in [0.25, 0.3) is 5.91 Å². The van der Waals surface area contributed by atoms with E-state index in [0.717, 1.165) is 10.4 Å². The van der Waals surface area contributed by atoms with Crippen molar-refractivity contribution < 1.29 is 28.6 Å². The minimum Gasteiger partial charge on any atom is -0.465 e. The van der Waals surface area contributed by atoms with Crippen LogP contribution in [0, 0.1) is 13.8 Å². The average molecular weight is 439 g/mol. The molecule has 0 saturated carbocycles. The van der Waals surface area contributed by atoms with Gasteiger partial charge in [-0.25, -0.2) is 9.59 Å². The van der Waals surface area contributed by atoms with Crippen molar-refractivity contribution in [3.05, 3.63) is 76.2 Å². The standard InChI is InChI=1S/C23H21NO6S/c1-14-15(2)31-21(20(14)23(27)28-3)24-19(25)13-29-22(26)17-11-7-8-12-18(17)30-16-9-5-4-6-10-16/h4-12H,13H2,1-3H3,(H,24,25). The molecule has 3 aromatic rings. The van der Waals surface area contributed by atoms with Gasteiger partial charge in [-0.15, -0.1) is 11.3 Å². The first-order valence-corrected chi connectivity index (χ1v) is 10.2. The van der Waals surface area contributed by atoms with Crippen LogP contribution in [0.3, 0.4) is 0 Å². The molecule has 7 nitrogen and oxygen atoms in total. The maximum Gasteiger partial charge on any atom is 0.342 e.